The summed E-state index contributed by atoms with van der Waals surface area (Å²) >= 11 is 4.90. The van der Waals surface area contributed by atoms with Gasteiger partial charge in [-0.05, 0) is 36.5 Å². The van der Waals surface area contributed by atoms with Gasteiger partial charge < -0.3 is 11.1 Å². The molecule has 0 aromatic heterocycles. The minimum absolute atomic E-state index is 0.0283. The summed E-state index contributed by atoms with van der Waals surface area (Å²) in [6.07, 6.45) is -1.21. The van der Waals surface area contributed by atoms with Gasteiger partial charge in [-0.3, -0.25) is 0 Å². The van der Waals surface area contributed by atoms with Crippen LogP contribution in [0.3, 0.4) is 0 Å². The van der Waals surface area contributed by atoms with E-state index in [1.165, 1.54) is 6.07 Å². The number of nitrogens with two attached hydrogens (primary N) is 1. The maximum absolute atomic E-state index is 12.8. The average molecular weight is 316 g/mol. The van der Waals surface area contributed by atoms with Gasteiger partial charge in [0.2, 0.25) is 0 Å². The highest BCUT2D eigenvalue weighted by atomic mass is 32.1. The van der Waals surface area contributed by atoms with E-state index in [0.717, 1.165) is 31.4 Å². The van der Waals surface area contributed by atoms with Gasteiger partial charge in [-0.2, -0.15) is 13.2 Å². The van der Waals surface area contributed by atoms with E-state index in [1.807, 2.05) is 0 Å². The summed E-state index contributed by atoms with van der Waals surface area (Å²) in [6, 6.07) is 3.71. The zero-order valence-electron chi connectivity index (χ0n) is 12.1. The van der Waals surface area contributed by atoms with Crippen LogP contribution in [0.1, 0.15) is 44.2 Å². The highest BCUT2D eigenvalue weighted by Gasteiger charge is 2.35. The van der Waals surface area contributed by atoms with Crippen LogP contribution in [0.4, 0.5) is 18.9 Å². The Balaban J connectivity index is 2.33. The molecular formula is C15H19F3N2S. The summed E-state index contributed by atoms with van der Waals surface area (Å²) in [7, 11) is 0. The molecule has 1 saturated carbocycles. The summed E-state index contributed by atoms with van der Waals surface area (Å²) in [5.74, 6) is 0. The van der Waals surface area contributed by atoms with Crippen molar-refractivity contribution in [2.45, 2.75) is 45.3 Å². The van der Waals surface area contributed by atoms with Gasteiger partial charge in [-0.25, -0.2) is 0 Å². The van der Waals surface area contributed by atoms with Gasteiger partial charge in [0.25, 0.3) is 0 Å². The summed E-state index contributed by atoms with van der Waals surface area (Å²) < 4.78 is 38.4. The van der Waals surface area contributed by atoms with Crippen LogP contribution in [0.5, 0.6) is 0 Å². The first kappa shape index (κ1) is 16.1. The first-order chi connectivity index (χ1) is 9.61. The zero-order valence-corrected chi connectivity index (χ0v) is 12.9. The number of anilines is 1. The van der Waals surface area contributed by atoms with E-state index in [-0.39, 0.29) is 22.0 Å². The van der Waals surface area contributed by atoms with Gasteiger partial charge in [0.15, 0.2) is 0 Å². The minimum Gasteiger partial charge on any atom is -0.389 e. The summed E-state index contributed by atoms with van der Waals surface area (Å²) in [5, 5.41) is 3.32. The molecule has 116 valence electrons. The number of rotatable bonds is 3. The zero-order chi connectivity index (χ0) is 15.8. The molecule has 21 heavy (non-hydrogen) atoms. The minimum atomic E-state index is -4.40. The number of hydrogen-bond acceptors (Lipinski definition) is 2. The highest BCUT2D eigenvalue weighted by Crippen LogP contribution is 2.40. The van der Waals surface area contributed by atoms with E-state index in [4.69, 9.17) is 18.0 Å². The van der Waals surface area contributed by atoms with E-state index in [0.29, 0.717) is 5.69 Å². The van der Waals surface area contributed by atoms with Gasteiger partial charge in [0.05, 0.1) is 5.56 Å². The van der Waals surface area contributed by atoms with Crippen LogP contribution in [0, 0.1) is 5.41 Å². The quantitative estimate of drug-likeness (QED) is 0.815. The first-order valence-corrected chi connectivity index (χ1v) is 7.30. The second kappa shape index (κ2) is 5.48. The normalized spacial score (nSPS) is 21.3. The number of alkyl halides is 3. The van der Waals surface area contributed by atoms with Gasteiger partial charge in [-0.1, -0.05) is 32.5 Å². The van der Waals surface area contributed by atoms with Crippen molar-refractivity contribution in [2.75, 3.05) is 5.32 Å². The number of benzene rings is 1. The maximum atomic E-state index is 12.8. The van der Waals surface area contributed by atoms with Crippen LogP contribution < -0.4 is 11.1 Å². The molecule has 0 spiro atoms. The van der Waals surface area contributed by atoms with Crippen molar-refractivity contribution in [3.63, 3.8) is 0 Å². The molecule has 1 aromatic rings. The lowest BCUT2D eigenvalue weighted by Gasteiger charge is -2.29. The van der Waals surface area contributed by atoms with Crippen molar-refractivity contribution < 1.29 is 13.2 Å². The lowest BCUT2D eigenvalue weighted by atomic mass is 9.87. The van der Waals surface area contributed by atoms with Crippen LogP contribution >= 0.6 is 12.2 Å². The first-order valence-electron chi connectivity index (χ1n) is 6.89. The predicted molar refractivity (Wildman–Crippen MR) is 82.4 cm³/mol. The van der Waals surface area contributed by atoms with Gasteiger partial charge >= 0.3 is 6.18 Å². The smallest absolute Gasteiger partial charge is 0.389 e. The SMILES string of the molecule is CC1(C)CCCC1Nc1ccc(C(F)(F)F)cc1C(N)=S. The third-order valence-electron chi connectivity index (χ3n) is 4.20. The Morgan fingerprint density at radius 2 is 2.05 bits per heavy atom. The number of nitrogens with one attached hydrogen (secondary N) is 1. The van der Waals surface area contributed by atoms with E-state index < -0.39 is 11.7 Å². The Labute approximate surface area is 127 Å². The van der Waals surface area contributed by atoms with E-state index in [2.05, 4.69) is 19.2 Å². The molecule has 2 nitrogen and oxygen atoms in total. The Kier molecular flexibility index (Phi) is 4.19. The Bertz CT molecular complexity index is 552. The molecule has 2 rings (SSSR count). The maximum Gasteiger partial charge on any atom is 0.416 e. The fraction of sp³-hybridized carbons (Fsp3) is 0.533. The number of hydrogen-bond donors (Lipinski definition) is 2. The molecule has 1 unspecified atom stereocenters. The van der Waals surface area contributed by atoms with Gasteiger partial charge in [-0.15, -0.1) is 0 Å². The molecule has 1 aliphatic carbocycles. The number of halogens is 3. The molecule has 0 radical (unpaired) electrons. The molecule has 0 amide bonds. The largest absolute Gasteiger partial charge is 0.416 e. The average Bonchev–Trinajstić information content (AvgIpc) is 2.67. The topological polar surface area (TPSA) is 38.0 Å². The van der Waals surface area contributed by atoms with Crippen LogP contribution in [0.15, 0.2) is 18.2 Å². The fourth-order valence-corrected chi connectivity index (χ4v) is 3.00. The molecule has 0 saturated heterocycles. The highest BCUT2D eigenvalue weighted by molar-refractivity contribution is 7.80. The monoisotopic (exact) mass is 316 g/mol. The Morgan fingerprint density at radius 3 is 2.52 bits per heavy atom. The molecular weight excluding hydrogens is 297 g/mol. The second-order valence-corrected chi connectivity index (χ2v) is 6.64. The van der Waals surface area contributed by atoms with Crippen LogP contribution in [-0.2, 0) is 6.18 Å². The fourth-order valence-electron chi connectivity index (χ4n) is 2.83. The second-order valence-electron chi connectivity index (χ2n) is 6.20. The third-order valence-corrected chi connectivity index (χ3v) is 4.42. The van der Waals surface area contributed by atoms with Crippen molar-refractivity contribution in [3.8, 4) is 0 Å². The van der Waals surface area contributed by atoms with Crippen LogP contribution in [0.25, 0.3) is 0 Å². The number of thiocarbonyl (C=S) groups is 1. The standard InChI is InChI=1S/C15H19F3N2S/c1-14(2)7-3-4-12(14)20-11-6-5-9(15(16,17)18)8-10(11)13(19)21/h5-6,8,12,20H,3-4,7H2,1-2H3,(H2,19,21). The van der Waals surface area contributed by atoms with E-state index in [9.17, 15) is 13.2 Å². The van der Waals surface area contributed by atoms with Crippen molar-refractivity contribution in [3.05, 3.63) is 29.3 Å². The van der Waals surface area contributed by atoms with Crippen LogP contribution in [0.2, 0.25) is 0 Å². The summed E-state index contributed by atoms with van der Waals surface area (Å²) in [4.78, 5) is -0.0283. The summed E-state index contributed by atoms with van der Waals surface area (Å²) in [6.45, 7) is 4.31. The van der Waals surface area contributed by atoms with Crippen molar-refractivity contribution >= 4 is 22.9 Å². The molecule has 0 heterocycles. The van der Waals surface area contributed by atoms with Crippen molar-refractivity contribution in [2.24, 2.45) is 11.1 Å². The van der Waals surface area contributed by atoms with Gasteiger partial charge in [0.1, 0.15) is 4.99 Å². The summed E-state index contributed by atoms with van der Waals surface area (Å²) in [5.41, 5.74) is 5.80. The van der Waals surface area contributed by atoms with Crippen molar-refractivity contribution in [1.82, 2.24) is 0 Å². The van der Waals surface area contributed by atoms with E-state index >= 15 is 0 Å². The lowest BCUT2D eigenvalue weighted by Crippen LogP contribution is -2.31. The lowest BCUT2D eigenvalue weighted by molar-refractivity contribution is -0.137. The molecule has 0 aliphatic heterocycles. The molecule has 6 heteroatoms. The van der Waals surface area contributed by atoms with Gasteiger partial charge in [0, 0.05) is 17.3 Å². The molecule has 1 aromatic carbocycles. The van der Waals surface area contributed by atoms with E-state index in [1.54, 1.807) is 0 Å². The van der Waals surface area contributed by atoms with Crippen molar-refractivity contribution in [1.29, 1.82) is 0 Å². The predicted octanol–water partition coefficient (Wildman–Crippen LogP) is 4.33. The molecule has 0 bridgehead atoms. The van der Waals surface area contributed by atoms with Crippen LogP contribution in [-0.4, -0.2) is 11.0 Å². The molecule has 1 aliphatic rings. The Hall–Kier alpha value is -1.30. The molecule has 1 fully saturated rings. The Morgan fingerprint density at radius 1 is 1.38 bits per heavy atom. The molecule has 3 N–H and O–H groups in total. The molecule has 1 atom stereocenters. The third kappa shape index (κ3) is 3.48.